The van der Waals surface area contributed by atoms with E-state index in [1.807, 2.05) is 0 Å². The summed E-state index contributed by atoms with van der Waals surface area (Å²) in [7, 11) is 0. The zero-order chi connectivity index (χ0) is 15.7. The van der Waals surface area contributed by atoms with Crippen LogP contribution in [0.15, 0.2) is 18.3 Å². The minimum absolute atomic E-state index is 0.175. The van der Waals surface area contributed by atoms with E-state index in [9.17, 15) is 9.59 Å². The highest BCUT2D eigenvalue weighted by Crippen LogP contribution is 2.17. The fourth-order valence-corrected chi connectivity index (χ4v) is 2.34. The number of nitrogens with zero attached hydrogens (tertiary/aromatic N) is 1. The highest BCUT2D eigenvalue weighted by atomic mass is 35.5. The lowest BCUT2D eigenvalue weighted by Gasteiger charge is -2.15. The van der Waals surface area contributed by atoms with Crippen molar-refractivity contribution in [3.63, 3.8) is 0 Å². The van der Waals surface area contributed by atoms with Crippen LogP contribution in [0.3, 0.4) is 0 Å². The number of nitrogens with one attached hydrogen (secondary N) is 1. The van der Waals surface area contributed by atoms with Crippen LogP contribution in [0.5, 0.6) is 0 Å². The minimum Gasteiger partial charge on any atom is -0.481 e. The van der Waals surface area contributed by atoms with Crippen molar-refractivity contribution in [3.05, 3.63) is 29.0 Å². The second kappa shape index (κ2) is 9.34. The normalized spacial score (nSPS) is 11.9. The standard InChI is InChI=1S/C15H21ClN2O3/c1-2-3-11(4-5-14(19)20)6-8-18-15(21)13-10-12(16)7-9-17-13/h7,9-11H,2-6,8H2,1H3,(H,18,21)(H,19,20). The predicted octanol–water partition coefficient (Wildman–Crippen LogP) is 3.14. The van der Waals surface area contributed by atoms with E-state index in [0.717, 1.165) is 19.3 Å². The van der Waals surface area contributed by atoms with Crippen molar-refractivity contribution in [1.29, 1.82) is 0 Å². The van der Waals surface area contributed by atoms with E-state index in [4.69, 9.17) is 16.7 Å². The molecule has 0 spiro atoms. The number of carboxylic acid groups (broad SMARTS) is 1. The molecule has 0 fully saturated rings. The first-order valence-electron chi connectivity index (χ1n) is 7.14. The fourth-order valence-electron chi connectivity index (χ4n) is 2.18. The monoisotopic (exact) mass is 312 g/mol. The van der Waals surface area contributed by atoms with E-state index in [1.54, 1.807) is 6.07 Å². The van der Waals surface area contributed by atoms with Crippen molar-refractivity contribution < 1.29 is 14.7 Å². The van der Waals surface area contributed by atoms with Crippen LogP contribution < -0.4 is 5.32 Å². The number of rotatable bonds is 9. The number of hydrogen-bond acceptors (Lipinski definition) is 3. The molecule has 1 unspecified atom stereocenters. The van der Waals surface area contributed by atoms with Crippen LogP contribution in [0, 0.1) is 5.92 Å². The molecule has 6 heteroatoms. The number of carboxylic acids is 1. The lowest BCUT2D eigenvalue weighted by Crippen LogP contribution is -2.26. The Morgan fingerprint density at radius 1 is 1.38 bits per heavy atom. The molecule has 0 aromatic carbocycles. The highest BCUT2D eigenvalue weighted by Gasteiger charge is 2.12. The molecule has 2 N–H and O–H groups in total. The van der Waals surface area contributed by atoms with Crippen LogP contribution in [0.4, 0.5) is 0 Å². The Morgan fingerprint density at radius 2 is 2.14 bits per heavy atom. The molecule has 0 saturated carbocycles. The van der Waals surface area contributed by atoms with Gasteiger partial charge in [-0.3, -0.25) is 14.6 Å². The first-order valence-corrected chi connectivity index (χ1v) is 7.52. The second-order valence-corrected chi connectivity index (χ2v) is 5.43. The molecule has 1 aromatic rings. The Hall–Kier alpha value is -1.62. The van der Waals surface area contributed by atoms with E-state index in [1.165, 1.54) is 12.3 Å². The largest absolute Gasteiger partial charge is 0.481 e. The van der Waals surface area contributed by atoms with Gasteiger partial charge in [0, 0.05) is 24.2 Å². The van der Waals surface area contributed by atoms with Gasteiger partial charge in [0.2, 0.25) is 0 Å². The van der Waals surface area contributed by atoms with Crippen molar-refractivity contribution >= 4 is 23.5 Å². The van der Waals surface area contributed by atoms with Crippen molar-refractivity contribution in [3.8, 4) is 0 Å². The van der Waals surface area contributed by atoms with Gasteiger partial charge in [0.05, 0.1) is 0 Å². The molecule has 0 saturated heterocycles. The van der Waals surface area contributed by atoms with Crippen molar-refractivity contribution in [1.82, 2.24) is 10.3 Å². The zero-order valence-electron chi connectivity index (χ0n) is 12.1. The molecule has 1 atom stereocenters. The lowest BCUT2D eigenvalue weighted by atomic mass is 9.94. The van der Waals surface area contributed by atoms with E-state index in [2.05, 4.69) is 17.2 Å². The Morgan fingerprint density at radius 3 is 2.76 bits per heavy atom. The lowest BCUT2D eigenvalue weighted by molar-refractivity contribution is -0.137. The number of aromatic nitrogens is 1. The summed E-state index contributed by atoms with van der Waals surface area (Å²) in [6, 6.07) is 3.13. The van der Waals surface area contributed by atoms with Gasteiger partial charge in [-0.05, 0) is 30.9 Å². The van der Waals surface area contributed by atoms with E-state index in [-0.39, 0.29) is 12.3 Å². The molecule has 1 amide bonds. The minimum atomic E-state index is -0.775. The molecule has 116 valence electrons. The number of halogens is 1. The molecule has 21 heavy (non-hydrogen) atoms. The van der Waals surface area contributed by atoms with Crippen molar-refractivity contribution in [2.75, 3.05) is 6.54 Å². The molecular weight excluding hydrogens is 292 g/mol. The molecule has 5 nitrogen and oxygen atoms in total. The summed E-state index contributed by atoms with van der Waals surface area (Å²) in [5.74, 6) is -0.715. The average molecular weight is 313 g/mol. The Kier molecular flexibility index (Phi) is 7.75. The maximum absolute atomic E-state index is 11.9. The van der Waals surface area contributed by atoms with Crippen LogP contribution in [0.25, 0.3) is 0 Å². The summed E-state index contributed by atoms with van der Waals surface area (Å²) < 4.78 is 0. The summed E-state index contributed by atoms with van der Waals surface area (Å²) in [6.07, 6.45) is 5.06. The summed E-state index contributed by atoms with van der Waals surface area (Å²) >= 11 is 5.81. The topological polar surface area (TPSA) is 79.3 Å². The maximum atomic E-state index is 11.9. The molecule has 0 aliphatic heterocycles. The Balaban J connectivity index is 2.38. The van der Waals surface area contributed by atoms with Crippen LogP contribution in [-0.2, 0) is 4.79 Å². The first kappa shape index (κ1) is 17.4. The fraction of sp³-hybridized carbons (Fsp3) is 0.533. The van der Waals surface area contributed by atoms with Gasteiger partial charge in [0.25, 0.3) is 5.91 Å². The number of hydrogen-bond donors (Lipinski definition) is 2. The smallest absolute Gasteiger partial charge is 0.303 e. The number of amides is 1. The van der Waals surface area contributed by atoms with Gasteiger partial charge in [-0.2, -0.15) is 0 Å². The molecule has 0 radical (unpaired) electrons. The van der Waals surface area contributed by atoms with Gasteiger partial charge < -0.3 is 10.4 Å². The number of carbonyl (C=O) groups is 2. The van der Waals surface area contributed by atoms with E-state index >= 15 is 0 Å². The van der Waals surface area contributed by atoms with Gasteiger partial charge in [0.15, 0.2) is 0 Å². The molecule has 0 aliphatic rings. The molecule has 0 aliphatic carbocycles. The number of pyridine rings is 1. The van der Waals surface area contributed by atoms with Gasteiger partial charge in [-0.1, -0.05) is 31.4 Å². The summed E-state index contributed by atoms with van der Waals surface area (Å²) in [6.45, 7) is 2.58. The van der Waals surface area contributed by atoms with E-state index in [0.29, 0.717) is 29.6 Å². The van der Waals surface area contributed by atoms with Crippen LogP contribution in [0.1, 0.15) is 49.5 Å². The Labute approximate surface area is 129 Å². The molecule has 1 heterocycles. The quantitative estimate of drug-likeness (QED) is 0.734. The molecule has 1 aromatic heterocycles. The number of aliphatic carboxylic acids is 1. The van der Waals surface area contributed by atoms with Gasteiger partial charge in [0.1, 0.15) is 5.69 Å². The van der Waals surface area contributed by atoms with Gasteiger partial charge >= 0.3 is 5.97 Å². The maximum Gasteiger partial charge on any atom is 0.303 e. The van der Waals surface area contributed by atoms with E-state index < -0.39 is 5.97 Å². The highest BCUT2D eigenvalue weighted by molar-refractivity contribution is 6.30. The van der Waals surface area contributed by atoms with Crippen molar-refractivity contribution in [2.24, 2.45) is 5.92 Å². The van der Waals surface area contributed by atoms with Crippen LogP contribution >= 0.6 is 11.6 Å². The first-order chi connectivity index (χ1) is 10.0. The SMILES string of the molecule is CCCC(CCNC(=O)c1cc(Cl)ccn1)CCC(=O)O. The second-order valence-electron chi connectivity index (χ2n) is 4.99. The zero-order valence-corrected chi connectivity index (χ0v) is 12.9. The number of carbonyl (C=O) groups excluding carboxylic acids is 1. The summed E-state index contributed by atoms with van der Waals surface area (Å²) in [5.41, 5.74) is 0.292. The van der Waals surface area contributed by atoms with Crippen molar-refractivity contribution in [2.45, 2.75) is 39.0 Å². The Bertz CT molecular complexity index is 480. The third-order valence-electron chi connectivity index (χ3n) is 3.26. The molecule has 1 rings (SSSR count). The van der Waals surface area contributed by atoms with Crippen LogP contribution in [-0.4, -0.2) is 28.5 Å². The third kappa shape index (κ3) is 7.09. The van der Waals surface area contributed by atoms with Crippen LogP contribution in [0.2, 0.25) is 5.02 Å². The van der Waals surface area contributed by atoms with Gasteiger partial charge in [-0.15, -0.1) is 0 Å². The predicted molar refractivity (Wildman–Crippen MR) is 81.5 cm³/mol. The third-order valence-corrected chi connectivity index (χ3v) is 3.49. The summed E-state index contributed by atoms with van der Waals surface area (Å²) in [4.78, 5) is 26.5. The molecule has 0 bridgehead atoms. The molecular formula is C15H21ClN2O3. The average Bonchev–Trinajstić information content (AvgIpc) is 2.44. The van der Waals surface area contributed by atoms with Gasteiger partial charge in [-0.25, -0.2) is 0 Å². The summed E-state index contributed by atoms with van der Waals surface area (Å²) in [5, 5.41) is 12.0.